The second kappa shape index (κ2) is 8.65. The fraction of sp³-hybridized carbons (Fsp3) is 0.588. The van der Waals surface area contributed by atoms with E-state index in [9.17, 15) is 4.79 Å². The number of nitrogens with zero attached hydrogens (tertiary/aromatic N) is 1. The van der Waals surface area contributed by atoms with Crippen LogP contribution in [-0.4, -0.2) is 43.0 Å². The lowest BCUT2D eigenvalue weighted by Crippen LogP contribution is -2.46. The van der Waals surface area contributed by atoms with Gasteiger partial charge in [-0.25, -0.2) is 0 Å². The number of aryl methyl sites for hydroxylation is 1. The van der Waals surface area contributed by atoms with Crippen LogP contribution in [0.2, 0.25) is 0 Å². The molecule has 1 heterocycles. The predicted molar refractivity (Wildman–Crippen MR) is 95.3 cm³/mol. The molecule has 0 radical (unpaired) electrons. The van der Waals surface area contributed by atoms with Gasteiger partial charge in [0.25, 0.3) is 0 Å². The molecule has 1 aromatic carbocycles. The molecule has 1 aromatic rings. The number of halogens is 1. The Bertz CT molecular complexity index is 501. The fourth-order valence-corrected chi connectivity index (χ4v) is 3.54. The van der Waals surface area contributed by atoms with Crippen molar-refractivity contribution in [1.29, 1.82) is 0 Å². The van der Waals surface area contributed by atoms with E-state index in [2.05, 4.69) is 38.4 Å². The fourth-order valence-electron chi connectivity index (χ4n) is 2.95. The number of amides is 1. The van der Waals surface area contributed by atoms with Crippen molar-refractivity contribution in [3.05, 3.63) is 28.2 Å². The van der Waals surface area contributed by atoms with E-state index >= 15 is 0 Å². The maximum absolute atomic E-state index is 12.4. The zero-order chi connectivity index (χ0) is 15.9. The number of anilines is 1. The molecule has 0 bridgehead atoms. The van der Waals surface area contributed by atoms with Crippen LogP contribution in [0.25, 0.3) is 0 Å². The van der Waals surface area contributed by atoms with Gasteiger partial charge in [-0.05, 0) is 79.4 Å². The largest absolute Gasteiger partial charge is 0.324 e. The molecule has 5 heteroatoms. The number of rotatable bonds is 6. The second-order valence-electron chi connectivity index (χ2n) is 5.98. The number of nitrogens with one attached hydrogen (secondary N) is 2. The Morgan fingerprint density at radius 2 is 2.14 bits per heavy atom. The lowest BCUT2D eigenvalue weighted by Gasteiger charge is -2.34. The molecule has 1 saturated heterocycles. The quantitative estimate of drug-likeness (QED) is 0.811. The van der Waals surface area contributed by atoms with Gasteiger partial charge in [0.05, 0.1) is 12.2 Å². The summed E-state index contributed by atoms with van der Waals surface area (Å²) in [5.41, 5.74) is 2.02. The molecule has 0 atom stereocenters. The SMILES string of the molecule is CCCN(CC(=O)Nc1ccc(C)cc1Br)C1CCNCC1. The number of carbonyl (C=O) groups excluding carboxylic acids is 1. The highest BCUT2D eigenvalue weighted by Gasteiger charge is 2.22. The van der Waals surface area contributed by atoms with Crippen molar-refractivity contribution in [2.45, 2.75) is 39.2 Å². The van der Waals surface area contributed by atoms with E-state index < -0.39 is 0 Å². The van der Waals surface area contributed by atoms with Crippen molar-refractivity contribution in [3.8, 4) is 0 Å². The highest BCUT2D eigenvalue weighted by molar-refractivity contribution is 9.10. The second-order valence-corrected chi connectivity index (χ2v) is 6.84. The number of carbonyl (C=O) groups is 1. The number of hydrogen-bond acceptors (Lipinski definition) is 3. The van der Waals surface area contributed by atoms with Crippen LogP contribution in [0.4, 0.5) is 5.69 Å². The lowest BCUT2D eigenvalue weighted by atomic mass is 10.0. The monoisotopic (exact) mass is 367 g/mol. The van der Waals surface area contributed by atoms with Gasteiger partial charge in [0.15, 0.2) is 0 Å². The van der Waals surface area contributed by atoms with Crippen molar-refractivity contribution >= 4 is 27.5 Å². The first-order valence-corrected chi connectivity index (χ1v) is 8.90. The Morgan fingerprint density at radius 1 is 1.41 bits per heavy atom. The summed E-state index contributed by atoms with van der Waals surface area (Å²) in [7, 11) is 0. The van der Waals surface area contributed by atoms with Gasteiger partial charge in [0.1, 0.15) is 0 Å². The molecule has 22 heavy (non-hydrogen) atoms. The molecular weight excluding hydrogens is 342 g/mol. The third kappa shape index (κ3) is 5.07. The van der Waals surface area contributed by atoms with Crippen LogP contribution >= 0.6 is 15.9 Å². The molecule has 1 fully saturated rings. The molecule has 2 rings (SSSR count). The Hall–Kier alpha value is -0.910. The Morgan fingerprint density at radius 3 is 2.77 bits per heavy atom. The highest BCUT2D eigenvalue weighted by Crippen LogP contribution is 2.23. The molecule has 2 N–H and O–H groups in total. The normalized spacial score (nSPS) is 16.0. The van der Waals surface area contributed by atoms with E-state index in [1.165, 1.54) is 5.56 Å². The van der Waals surface area contributed by atoms with E-state index in [4.69, 9.17) is 0 Å². The average Bonchev–Trinajstić information content (AvgIpc) is 2.50. The van der Waals surface area contributed by atoms with Crippen molar-refractivity contribution in [2.24, 2.45) is 0 Å². The minimum Gasteiger partial charge on any atom is -0.324 e. The molecule has 0 aliphatic carbocycles. The van der Waals surface area contributed by atoms with Gasteiger partial charge in [-0.2, -0.15) is 0 Å². The maximum Gasteiger partial charge on any atom is 0.238 e. The van der Waals surface area contributed by atoms with Crippen molar-refractivity contribution in [2.75, 3.05) is 31.5 Å². The van der Waals surface area contributed by atoms with E-state index in [0.29, 0.717) is 12.6 Å². The van der Waals surface area contributed by atoms with Crippen LogP contribution in [0, 0.1) is 6.92 Å². The smallest absolute Gasteiger partial charge is 0.238 e. The minimum atomic E-state index is 0.0662. The van der Waals surface area contributed by atoms with Crippen molar-refractivity contribution < 1.29 is 4.79 Å². The van der Waals surface area contributed by atoms with Crippen LogP contribution in [0.5, 0.6) is 0 Å². The molecule has 1 aliphatic heterocycles. The molecule has 1 aliphatic rings. The molecule has 4 nitrogen and oxygen atoms in total. The van der Waals surface area contributed by atoms with Gasteiger partial charge in [0, 0.05) is 10.5 Å². The molecule has 1 amide bonds. The van der Waals surface area contributed by atoms with Gasteiger partial charge >= 0.3 is 0 Å². The van der Waals surface area contributed by atoms with Crippen molar-refractivity contribution in [3.63, 3.8) is 0 Å². The first kappa shape index (κ1) is 17.4. The van der Waals surface area contributed by atoms with Crippen LogP contribution in [-0.2, 0) is 4.79 Å². The average molecular weight is 368 g/mol. The van der Waals surface area contributed by atoms with Gasteiger partial charge in [-0.3, -0.25) is 9.69 Å². The van der Waals surface area contributed by atoms with Crippen molar-refractivity contribution in [1.82, 2.24) is 10.2 Å². The first-order chi connectivity index (χ1) is 10.6. The van der Waals surface area contributed by atoms with Gasteiger partial charge in [0.2, 0.25) is 5.91 Å². The summed E-state index contributed by atoms with van der Waals surface area (Å²) >= 11 is 3.51. The zero-order valence-electron chi connectivity index (χ0n) is 13.5. The summed E-state index contributed by atoms with van der Waals surface area (Å²) in [6, 6.07) is 6.50. The number of hydrogen-bond donors (Lipinski definition) is 2. The third-order valence-corrected chi connectivity index (χ3v) is 4.74. The Labute approximate surface area is 141 Å². The summed E-state index contributed by atoms with van der Waals surface area (Å²) in [5.74, 6) is 0.0662. The maximum atomic E-state index is 12.4. The molecule has 122 valence electrons. The minimum absolute atomic E-state index is 0.0662. The molecule has 0 aromatic heterocycles. The summed E-state index contributed by atoms with van der Waals surface area (Å²) in [6.45, 7) is 7.76. The van der Waals surface area contributed by atoms with Crippen LogP contribution in [0.3, 0.4) is 0 Å². The van der Waals surface area contributed by atoms with E-state index in [1.54, 1.807) is 0 Å². The topological polar surface area (TPSA) is 44.4 Å². The lowest BCUT2D eigenvalue weighted by molar-refractivity contribution is -0.118. The Kier molecular flexibility index (Phi) is 6.86. The van der Waals surface area contributed by atoms with Gasteiger partial charge < -0.3 is 10.6 Å². The standard InChI is InChI=1S/C17H26BrN3O/c1-3-10-21(14-6-8-19-9-7-14)12-17(22)20-16-5-4-13(2)11-15(16)18/h4-5,11,14,19H,3,6-10,12H2,1-2H3,(H,20,22). The van der Waals surface area contributed by atoms with Crippen LogP contribution in [0.15, 0.2) is 22.7 Å². The molecule has 0 unspecified atom stereocenters. The number of piperidine rings is 1. The predicted octanol–water partition coefficient (Wildman–Crippen LogP) is 3.16. The van der Waals surface area contributed by atoms with Crippen LogP contribution in [0.1, 0.15) is 31.7 Å². The molecule has 0 saturated carbocycles. The van der Waals surface area contributed by atoms with E-state index in [1.807, 2.05) is 25.1 Å². The van der Waals surface area contributed by atoms with Gasteiger partial charge in [-0.1, -0.05) is 13.0 Å². The van der Waals surface area contributed by atoms with E-state index in [0.717, 1.165) is 49.1 Å². The summed E-state index contributed by atoms with van der Waals surface area (Å²) < 4.78 is 0.935. The summed E-state index contributed by atoms with van der Waals surface area (Å²) in [5, 5.41) is 6.41. The summed E-state index contributed by atoms with van der Waals surface area (Å²) in [6.07, 6.45) is 3.33. The van der Waals surface area contributed by atoms with Gasteiger partial charge in [-0.15, -0.1) is 0 Å². The molecule has 0 spiro atoms. The zero-order valence-corrected chi connectivity index (χ0v) is 15.1. The third-order valence-electron chi connectivity index (χ3n) is 4.08. The van der Waals surface area contributed by atoms with E-state index in [-0.39, 0.29) is 5.91 Å². The Balaban J connectivity index is 1.95. The number of benzene rings is 1. The molecular formula is C17H26BrN3O. The highest BCUT2D eigenvalue weighted by atomic mass is 79.9. The summed E-state index contributed by atoms with van der Waals surface area (Å²) in [4.78, 5) is 14.7. The van der Waals surface area contributed by atoms with Crippen LogP contribution < -0.4 is 10.6 Å². The first-order valence-electron chi connectivity index (χ1n) is 8.11.